The molecule has 172 valence electrons. The second-order valence-corrected chi connectivity index (χ2v) is 8.57. The van der Waals surface area contributed by atoms with Gasteiger partial charge in [-0.2, -0.15) is 0 Å². The van der Waals surface area contributed by atoms with Gasteiger partial charge in [-0.1, -0.05) is 17.7 Å². The number of rotatable bonds is 6. The Balaban J connectivity index is 1.62. The van der Waals surface area contributed by atoms with Crippen molar-refractivity contribution in [2.24, 2.45) is 0 Å². The summed E-state index contributed by atoms with van der Waals surface area (Å²) in [6.07, 6.45) is 1.77. The fraction of sp³-hybridized carbons (Fsp3) is 0.154. The summed E-state index contributed by atoms with van der Waals surface area (Å²) in [5.74, 6) is 2.82. The van der Waals surface area contributed by atoms with Crippen LogP contribution in [-0.4, -0.2) is 24.3 Å². The molecule has 0 spiro atoms. The van der Waals surface area contributed by atoms with Gasteiger partial charge < -0.3 is 24.1 Å². The van der Waals surface area contributed by atoms with Gasteiger partial charge in [-0.25, -0.2) is 0 Å². The van der Waals surface area contributed by atoms with E-state index in [1.54, 1.807) is 20.4 Å². The van der Waals surface area contributed by atoms with Crippen molar-refractivity contribution < 1.29 is 13.9 Å². The molecule has 0 bridgehead atoms. The number of thiocarbonyl (C=S) groups is 1. The topological polar surface area (TPSA) is 59.8 Å². The Morgan fingerprint density at radius 3 is 2.53 bits per heavy atom. The summed E-state index contributed by atoms with van der Waals surface area (Å²) in [6.45, 7) is 0. The fourth-order valence-electron chi connectivity index (χ4n) is 4.17. The van der Waals surface area contributed by atoms with E-state index in [4.69, 9.17) is 37.7 Å². The first-order valence-corrected chi connectivity index (χ1v) is 11.5. The summed E-state index contributed by atoms with van der Waals surface area (Å²) in [7, 11) is 3.25. The van der Waals surface area contributed by atoms with E-state index in [0.29, 0.717) is 21.6 Å². The Labute approximate surface area is 208 Å². The van der Waals surface area contributed by atoms with Crippen molar-refractivity contribution in [2.75, 3.05) is 19.1 Å². The van der Waals surface area contributed by atoms with Crippen molar-refractivity contribution >= 4 is 34.6 Å². The minimum absolute atomic E-state index is 0.232. The van der Waals surface area contributed by atoms with Crippen LogP contribution in [0.3, 0.4) is 0 Å². The van der Waals surface area contributed by atoms with Crippen molar-refractivity contribution in [3.8, 4) is 22.8 Å². The van der Waals surface area contributed by atoms with E-state index in [1.807, 2.05) is 77.7 Å². The predicted octanol–water partition coefficient (Wildman–Crippen LogP) is 6.19. The highest BCUT2D eigenvalue weighted by Gasteiger charge is 2.43. The molecule has 4 aromatic rings. The Hall–Kier alpha value is -3.55. The second kappa shape index (κ2) is 9.37. The molecular formula is C26H22ClN3O3S. The first kappa shape index (κ1) is 22.3. The lowest BCUT2D eigenvalue weighted by molar-refractivity contribution is 0.392. The van der Waals surface area contributed by atoms with E-state index < -0.39 is 0 Å². The molecule has 2 atom stereocenters. The standard InChI is InChI=1S/C26H22ClN3O3S/c1-31-18-10-11-20(23(15-18)32-2)30-25(24(29-26(30)34)19-5-3-4-14-28-19)22-13-12-21(33-22)16-6-8-17(27)9-7-16/h3-15,24-25H,1-2H3,(H,29,34)/t24-,25-/m1/s1. The van der Waals surface area contributed by atoms with Crippen molar-refractivity contribution in [3.05, 3.63) is 95.5 Å². The normalized spacial score (nSPS) is 17.5. The number of ether oxygens (including phenoxy) is 2. The number of pyridine rings is 1. The Morgan fingerprint density at radius 2 is 1.82 bits per heavy atom. The van der Waals surface area contributed by atoms with Crippen molar-refractivity contribution in [1.29, 1.82) is 0 Å². The van der Waals surface area contributed by atoms with E-state index in [1.165, 1.54) is 0 Å². The van der Waals surface area contributed by atoms with Gasteiger partial charge >= 0.3 is 0 Å². The summed E-state index contributed by atoms with van der Waals surface area (Å²) >= 11 is 11.9. The van der Waals surface area contributed by atoms with Gasteiger partial charge in [-0.15, -0.1) is 0 Å². The molecular weight excluding hydrogens is 470 g/mol. The lowest BCUT2D eigenvalue weighted by Gasteiger charge is -2.27. The summed E-state index contributed by atoms with van der Waals surface area (Å²) in [6, 6.07) is 22.4. The summed E-state index contributed by atoms with van der Waals surface area (Å²) < 4.78 is 17.5. The molecule has 5 rings (SSSR count). The van der Waals surface area contributed by atoms with Gasteiger partial charge in [0.05, 0.1) is 31.6 Å². The first-order chi connectivity index (χ1) is 16.6. The molecule has 1 N–H and O–H groups in total. The maximum absolute atomic E-state index is 6.39. The largest absolute Gasteiger partial charge is 0.497 e. The average Bonchev–Trinajstić information content (AvgIpc) is 3.49. The first-order valence-electron chi connectivity index (χ1n) is 10.7. The van der Waals surface area contributed by atoms with Crippen molar-refractivity contribution in [2.45, 2.75) is 12.1 Å². The number of nitrogens with one attached hydrogen (secondary N) is 1. The van der Waals surface area contributed by atoms with Crippen molar-refractivity contribution in [3.63, 3.8) is 0 Å². The molecule has 1 saturated heterocycles. The SMILES string of the molecule is COc1ccc(N2C(=S)N[C@H](c3ccccn3)[C@H]2c2ccc(-c3ccc(Cl)cc3)o2)c(OC)c1. The molecule has 1 aliphatic rings. The number of aromatic nitrogens is 1. The molecule has 0 saturated carbocycles. The van der Waals surface area contributed by atoms with E-state index in [0.717, 1.165) is 28.5 Å². The third-order valence-corrected chi connectivity index (χ3v) is 6.36. The van der Waals surface area contributed by atoms with E-state index in [-0.39, 0.29) is 12.1 Å². The van der Waals surface area contributed by atoms with Crippen LogP contribution in [0.4, 0.5) is 5.69 Å². The molecule has 0 amide bonds. The van der Waals surface area contributed by atoms with Crippen LogP contribution in [0.25, 0.3) is 11.3 Å². The van der Waals surface area contributed by atoms with E-state index in [9.17, 15) is 0 Å². The monoisotopic (exact) mass is 491 g/mol. The third-order valence-electron chi connectivity index (χ3n) is 5.79. The highest BCUT2D eigenvalue weighted by Crippen LogP contribution is 2.46. The van der Waals surface area contributed by atoms with Crippen LogP contribution in [0.5, 0.6) is 11.5 Å². The smallest absolute Gasteiger partial charge is 0.174 e. The minimum atomic E-state index is -0.300. The Bertz CT molecular complexity index is 1310. The highest BCUT2D eigenvalue weighted by molar-refractivity contribution is 7.80. The number of benzene rings is 2. The predicted molar refractivity (Wildman–Crippen MR) is 137 cm³/mol. The van der Waals surface area contributed by atoms with E-state index in [2.05, 4.69) is 10.3 Å². The maximum atomic E-state index is 6.39. The zero-order chi connectivity index (χ0) is 23.7. The molecule has 0 unspecified atom stereocenters. The molecule has 0 radical (unpaired) electrons. The molecule has 2 aromatic heterocycles. The van der Waals surface area contributed by atoms with Crippen LogP contribution in [0, 0.1) is 0 Å². The molecule has 0 aliphatic carbocycles. The Kier molecular flexibility index (Phi) is 6.13. The van der Waals surface area contributed by atoms with Gasteiger partial charge in [0.25, 0.3) is 0 Å². The van der Waals surface area contributed by atoms with Gasteiger partial charge in [0.1, 0.15) is 29.1 Å². The minimum Gasteiger partial charge on any atom is -0.497 e. The van der Waals surface area contributed by atoms with Gasteiger partial charge in [0.15, 0.2) is 5.11 Å². The van der Waals surface area contributed by atoms with Crippen molar-refractivity contribution in [1.82, 2.24) is 10.3 Å². The van der Waals surface area contributed by atoms with Crippen LogP contribution in [0.15, 0.2) is 83.4 Å². The molecule has 6 nitrogen and oxygen atoms in total. The van der Waals surface area contributed by atoms with E-state index >= 15 is 0 Å². The molecule has 3 heterocycles. The fourth-order valence-corrected chi connectivity index (χ4v) is 4.63. The van der Waals surface area contributed by atoms with Gasteiger partial charge in [0, 0.05) is 22.8 Å². The maximum Gasteiger partial charge on any atom is 0.174 e. The Morgan fingerprint density at radius 1 is 1.00 bits per heavy atom. The van der Waals surface area contributed by atoms with Crippen LogP contribution in [-0.2, 0) is 0 Å². The van der Waals surface area contributed by atoms with Gasteiger partial charge in [-0.3, -0.25) is 4.98 Å². The molecule has 2 aromatic carbocycles. The summed E-state index contributed by atoms with van der Waals surface area (Å²) in [5, 5.41) is 4.66. The number of hydrogen-bond acceptors (Lipinski definition) is 5. The number of furan rings is 1. The number of hydrogen-bond donors (Lipinski definition) is 1. The summed E-state index contributed by atoms with van der Waals surface area (Å²) in [4.78, 5) is 6.60. The number of anilines is 1. The summed E-state index contributed by atoms with van der Waals surface area (Å²) in [5.41, 5.74) is 2.59. The van der Waals surface area contributed by atoms with Gasteiger partial charge in [-0.05, 0) is 72.9 Å². The van der Waals surface area contributed by atoms with Crippen LogP contribution in [0.1, 0.15) is 23.5 Å². The number of halogens is 1. The zero-order valence-electron chi connectivity index (χ0n) is 18.6. The van der Waals surface area contributed by atoms with Crippen LogP contribution >= 0.6 is 23.8 Å². The lowest BCUT2D eigenvalue weighted by Crippen LogP contribution is -2.29. The van der Waals surface area contributed by atoms with Crippen LogP contribution in [0.2, 0.25) is 5.02 Å². The molecule has 8 heteroatoms. The molecule has 1 fully saturated rings. The second-order valence-electron chi connectivity index (χ2n) is 7.74. The lowest BCUT2D eigenvalue weighted by atomic mass is 10.0. The zero-order valence-corrected chi connectivity index (χ0v) is 20.1. The average molecular weight is 492 g/mol. The number of methoxy groups -OCH3 is 2. The highest BCUT2D eigenvalue weighted by atomic mass is 35.5. The molecule has 1 aliphatic heterocycles. The molecule has 34 heavy (non-hydrogen) atoms. The third kappa shape index (κ3) is 4.08. The van der Waals surface area contributed by atoms with Crippen LogP contribution < -0.4 is 19.7 Å². The number of nitrogens with zero attached hydrogens (tertiary/aromatic N) is 2. The quantitative estimate of drug-likeness (QED) is 0.323. The van der Waals surface area contributed by atoms with Gasteiger partial charge in [0.2, 0.25) is 0 Å².